The van der Waals surface area contributed by atoms with Crippen LogP contribution in [0, 0.1) is 18.3 Å². The number of hydrogen-bond acceptors (Lipinski definition) is 12. The summed E-state index contributed by atoms with van der Waals surface area (Å²) >= 11 is 1.45. The van der Waals surface area contributed by atoms with Crippen molar-refractivity contribution in [1.82, 2.24) is 44.5 Å². The Morgan fingerprint density at radius 3 is 2.61 bits per heavy atom. The van der Waals surface area contributed by atoms with Gasteiger partial charge < -0.3 is 25.0 Å². The van der Waals surface area contributed by atoms with Gasteiger partial charge in [-0.3, -0.25) is 9.48 Å². The van der Waals surface area contributed by atoms with Gasteiger partial charge in [-0.05, 0) is 59.0 Å². The molecule has 1 unspecified atom stereocenters. The van der Waals surface area contributed by atoms with Crippen LogP contribution in [0.3, 0.4) is 0 Å². The molecule has 2 aliphatic heterocycles. The highest BCUT2D eigenvalue weighted by atomic mass is 32.1. The number of likely N-dealkylation sites (tertiary alicyclic amines) is 1. The second-order valence-corrected chi connectivity index (χ2v) is 15.4. The SMILES string of the molecule is CC.CCCCc1c(-c2nc(N3CCCn4nc(C(=O)N(C)C)c(C)c4C3)c3cnn(CC4CCCN4C)c3n2)noc1-c1c(CCC)sc(N)c1C#N. The summed E-state index contributed by atoms with van der Waals surface area (Å²) in [5.41, 5.74) is 12.1. The van der Waals surface area contributed by atoms with E-state index in [-0.39, 0.29) is 5.91 Å². The van der Waals surface area contributed by atoms with Crippen LogP contribution in [0.5, 0.6) is 0 Å². The number of thiophene rings is 1. The first-order chi connectivity index (χ1) is 26.1. The number of nitrogen functional groups attached to an aromatic ring is 1. The lowest BCUT2D eigenvalue weighted by molar-refractivity contribution is 0.0820. The van der Waals surface area contributed by atoms with E-state index < -0.39 is 0 Å². The van der Waals surface area contributed by atoms with Crippen molar-refractivity contribution >= 4 is 39.1 Å². The smallest absolute Gasteiger partial charge is 0.274 e. The van der Waals surface area contributed by atoms with E-state index >= 15 is 0 Å². The summed E-state index contributed by atoms with van der Waals surface area (Å²) in [5, 5.41) is 25.9. The molecule has 1 atom stereocenters. The fourth-order valence-electron chi connectivity index (χ4n) is 7.59. The minimum absolute atomic E-state index is 0.107. The van der Waals surface area contributed by atoms with Crippen LogP contribution in [-0.4, -0.2) is 90.7 Å². The predicted molar refractivity (Wildman–Crippen MR) is 214 cm³/mol. The monoisotopic (exact) mass is 754 g/mol. The van der Waals surface area contributed by atoms with Gasteiger partial charge in [0.1, 0.15) is 16.9 Å². The molecular weight excluding hydrogens is 701 g/mol. The number of nitriles is 1. The number of nitrogens with zero attached hydrogens (tertiary/aromatic N) is 11. The number of carbonyl (C=O) groups excluding carboxylic acids is 1. The van der Waals surface area contributed by atoms with Crippen LogP contribution < -0.4 is 10.6 Å². The lowest BCUT2D eigenvalue weighted by Gasteiger charge is -2.23. The van der Waals surface area contributed by atoms with E-state index in [1.54, 1.807) is 19.0 Å². The molecule has 0 aromatic carbocycles. The van der Waals surface area contributed by atoms with E-state index in [0.717, 1.165) is 102 Å². The van der Waals surface area contributed by atoms with Gasteiger partial charge in [0.2, 0.25) is 0 Å². The van der Waals surface area contributed by atoms with Crippen molar-refractivity contribution in [2.45, 2.75) is 112 Å². The highest BCUT2D eigenvalue weighted by Crippen LogP contribution is 2.43. The van der Waals surface area contributed by atoms with Gasteiger partial charge >= 0.3 is 0 Å². The zero-order valence-electron chi connectivity index (χ0n) is 33.1. The number of aromatic nitrogens is 7. The molecule has 0 saturated carbocycles. The van der Waals surface area contributed by atoms with Crippen molar-refractivity contribution in [2.24, 2.45) is 0 Å². The Balaban J connectivity index is 0.00000245. The van der Waals surface area contributed by atoms with Gasteiger partial charge in [-0.2, -0.15) is 15.5 Å². The molecule has 5 aromatic heterocycles. The van der Waals surface area contributed by atoms with Crippen LogP contribution in [0.25, 0.3) is 33.9 Å². The molecule has 54 heavy (non-hydrogen) atoms. The highest BCUT2D eigenvalue weighted by molar-refractivity contribution is 7.16. The Morgan fingerprint density at radius 1 is 1.13 bits per heavy atom. The van der Waals surface area contributed by atoms with Crippen LogP contribution >= 0.6 is 11.3 Å². The van der Waals surface area contributed by atoms with Crippen molar-refractivity contribution in [3.63, 3.8) is 0 Å². The average Bonchev–Trinajstić information content (AvgIpc) is 3.97. The third-order valence-electron chi connectivity index (χ3n) is 10.5. The van der Waals surface area contributed by atoms with Gasteiger partial charge in [-0.25, -0.2) is 14.6 Å². The maximum atomic E-state index is 13.0. The molecule has 2 N–H and O–H groups in total. The fourth-order valence-corrected chi connectivity index (χ4v) is 8.71. The topological polar surface area (TPSA) is 164 Å². The summed E-state index contributed by atoms with van der Waals surface area (Å²) in [4.78, 5) is 30.8. The minimum Gasteiger partial charge on any atom is -0.389 e. The minimum atomic E-state index is -0.107. The Morgan fingerprint density at radius 2 is 1.93 bits per heavy atom. The predicted octanol–water partition coefficient (Wildman–Crippen LogP) is 6.70. The number of carbonyl (C=O) groups is 1. The lowest BCUT2D eigenvalue weighted by atomic mass is 9.98. The Hall–Kier alpha value is -4.81. The first kappa shape index (κ1) is 38.9. The van der Waals surface area contributed by atoms with Crippen LogP contribution in [0.1, 0.15) is 104 Å². The van der Waals surface area contributed by atoms with Gasteiger partial charge in [0.05, 0.1) is 41.5 Å². The second-order valence-electron chi connectivity index (χ2n) is 14.3. The maximum absolute atomic E-state index is 13.0. The number of anilines is 2. The Kier molecular flexibility index (Phi) is 12.0. The number of nitrogens with two attached hydrogens (primary N) is 1. The highest BCUT2D eigenvalue weighted by Gasteiger charge is 2.31. The molecule has 0 spiro atoms. The maximum Gasteiger partial charge on any atom is 0.274 e. The van der Waals surface area contributed by atoms with E-state index in [0.29, 0.717) is 65.6 Å². The molecule has 0 aliphatic carbocycles. The summed E-state index contributed by atoms with van der Waals surface area (Å²) in [6.45, 7) is 14.0. The molecular formula is C39H54N12O2S. The summed E-state index contributed by atoms with van der Waals surface area (Å²) in [6, 6.07) is 2.70. The molecule has 1 fully saturated rings. The van der Waals surface area contributed by atoms with Crippen molar-refractivity contribution in [3.05, 3.63) is 39.2 Å². The second kappa shape index (κ2) is 16.7. The molecule has 7 heterocycles. The average molecular weight is 755 g/mol. The summed E-state index contributed by atoms with van der Waals surface area (Å²) in [5.74, 6) is 1.69. The number of hydrogen-bond donors (Lipinski definition) is 1. The third kappa shape index (κ3) is 7.21. The normalized spacial score (nSPS) is 15.9. The molecule has 0 bridgehead atoms. The van der Waals surface area contributed by atoms with Crippen LogP contribution in [0.4, 0.5) is 10.8 Å². The molecule has 7 rings (SSSR count). The summed E-state index contributed by atoms with van der Waals surface area (Å²) in [7, 11) is 5.67. The molecule has 1 amide bonds. The van der Waals surface area contributed by atoms with Crippen molar-refractivity contribution in [3.8, 4) is 28.9 Å². The van der Waals surface area contributed by atoms with Crippen molar-refractivity contribution in [1.29, 1.82) is 5.26 Å². The summed E-state index contributed by atoms with van der Waals surface area (Å²) < 4.78 is 10.2. The number of fused-ring (bicyclic) bond motifs is 2. The molecule has 1 saturated heterocycles. The molecule has 0 radical (unpaired) electrons. The largest absolute Gasteiger partial charge is 0.389 e. The molecule has 288 valence electrons. The van der Waals surface area contributed by atoms with Gasteiger partial charge in [0.15, 0.2) is 28.6 Å². The number of likely N-dealkylation sites (N-methyl/N-ethyl adjacent to an activating group) is 1. The Bertz CT molecular complexity index is 2150. The molecule has 14 nitrogen and oxygen atoms in total. The quantitative estimate of drug-likeness (QED) is 0.153. The molecule has 15 heteroatoms. The summed E-state index contributed by atoms with van der Waals surface area (Å²) in [6.07, 6.45) is 9.20. The van der Waals surface area contributed by atoms with Crippen LogP contribution in [0.2, 0.25) is 0 Å². The van der Waals surface area contributed by atoms with Gasteiger partial charge in [-0.15, -0.1) is 11.3 Å². The van der Waals surface area contributed by atoms with E-state index in [9.17, 15) is 10.1 Å². The first-order valence-electron chi connectivity index (χ1n) is 19.4. The van der Waals surface area contributed by atoms with E-state index in [2.05, 4.69) is 41.9 Å². The lowest BCUT2D eigenvalue weighted by Crippen LogP contribution is -2.29. The first-order valence-corrected chi connectivity index (χ1v) is 20.2. The third-order valence-corrected chi connectivity index (χ3v) is 11.6. The molecule has 5 aromatic rings. The zero-order valence-corrected chi connectivity index (χ0v) is 33.9. The van der Waals surface area contributed by atoms with E-state index in [1.807, 2.05) is 36.3 Å². The number of aryl methyl sites for hydroxylation is 2. The van der Waals surface area contributed by atoms with E-state index in [1.165, 1.54) is 11.3 Å². The van der Waals surface area contributed by atoms with Crippen LogP contribution in [-0.2, 0) is 32.5 Å². The van der Waals surface area contributed by atoms with Gasteiger partial charge in [0, 0.05) is 49.2 Å². The number of rotatable bonds is 11. The van der Waals surface area contributed by atoms with Crippen LogP contribution in [0.15, 0.2) is 10.7 Å². The van der Waals surface area contributed by atoms with Gasteiger partial charge in [-0.1, -0.05) is 45.7 Å². The van der Waals surface area contributed by atoms with Gasteiger partial charge in [0.25, 0.3) is 5.91 Å². The van der Waals surface area contributed by atoms with Crippen molar-refractivity contribution in [2.75, 3.05) is 44.9 Å². The standard InChI is InChI=1S/C37H48N12O2S.C2H6/c1-7-9-14-24-31(44-51-32(24)29-25(18-38)33(39)52-28(29)12-8-2)34-41-35(26-19-40-49(36(26)42-34)20-23-13-10-15-46(23)6)47-16-11-17-48-27(21-47)22(3)30(43-48)37(50)45(4)5;1-2/h19,23H,7-17,20-21,39H2,1-6H3;1-2H3. The zero-order chi connectivity index (χ0) is 38.7. The fraction of sp³-hybridized carbons (Fsp3) is 0.564. The number of unbranched alkanes of at least 4 members (excludes halogenated alkanes) is 1. The number of amides is 1. The van der Waals surface area contributed by atoms with Crippen molar-refractivity contribution < 1.29 is 9.32 Å². The molecule has 2 aliphatic rings. The van der Waals surface area contributed by atoms with E-state index in [4.69, 9.17) is 30.4 Å². The Labute approximate surface area is 321 Å².